The van der Waals surface area contributed by atoms with Gasteiger partial charge in [-0.05, 0) is 147 Å². The van der Waals surface area contributed by atoms with Crippen LogP contribution in [0.2, 0.25) is 0 Å². The van der Waals surface area contributed by atoms with Gasteiger partial charge >= 0.3 is 0 Å². The standard InChI is InChI=1S/C72H55N/c1-70(2,3)51-38-33-48(34-39-51)46-29-31-47(32-30-46)49-35-40-52(41-36-49)73(67-44-37-50-17-6-7-18-54(50)68(67)60-24-16-23-59-57-21-8-12-25-62(57)71(4,5)69(59)60)53-42-43-66-61(45-53)58-22-11-15-28-65(58)72(66)63-26-13-9-19-55(63)56-20-10-14-27-64(56)72/h6-45H,1-5H3. The summed E-state index contributed by atoms with van der Waals surface area (Å²) in [5.41, 5.74) is 27.5. The molecule has 0 bridgehead atoms. The molecule has 0 aromatic heterocycles. The largest absolute Gasteiger partial charge is 0.310 e. The number of hydrogen-bond donors (Lipinski definition) is 0. The Kier molecular flexibility index (Phi) is 9.48. The molecule has 1 nitrogen and oxygen atoms in total. The van der Waals surface area contributed by atoms with Crippen molar-refractivity contribution in [2.75, 3.05) is 4.90 Å². The van der Waals surface area contributed by atoms with Crippen molar-refractivity contribution in [3.63, 3.8) is 0 Å². The molecule has 1 heteroatoms. The van der Waals surface area contributed by atoms with Crippen LogP contribution in [0.25, 0.3) is 77.5 Å². The number of fused-ring (bicyclic) bond motifs is 14. The highest BCUT2D eigenvalue weighted by atomic mass is 15.1. The summed E-state index contributed by atoms with van der Waals surface area (Å²) in [5.74, 6) is 0. The normalized spacial score (nSPS) is 14.0. The van der Waals surface area contributed by atoms with E-state index in [0.717, 1.165) is 17.1 Å². The lowest BCUT2D eigenvalue weighted by atomic mass is 9.70. The van der Waals surface area contributed by atoms with Crippen molar-refractivity contribution < 1.29 is 0 Å². The van der Waals surface area contributed by atoms with Crippen molar-refractivity contribution in [2.45, 2.75) is 50.9 Å². The van der Waals surface area contributed by atoms with Gasteiger partial charge in [-0.3, -0.25) is 0 Å². The van der Waals surface area contributed by atoms with Crippen molar-refractivity contribution in [1.29, 1.82) is 0 Å². The molecule has 1 spiro atoms. The zero-order chi connectivity index (χ0) is 49.2. The Morgan fingerprint density at radius 2 is 0.781 bits per heavy atom. The number of anilines is 3. The molecule has 11 aromatic carbocycles. The summed E-state index contributed by atoms with van der Waals surface area (Å²) in [6.07, 6.45) is 0. The maximum Gasteiger partial charge on any atom is 0.0725 e. The van der Waals surface area contributed by atoms with Gasteiger partial charge in [0.2, 0.25) is 0 Å². The molecule has 0 atom stereocenters. The Morgan fingerprint density at radius 1 is 0.342 bits per heavy atom. The van der Waals surface area contributed by atoms with Crippen LogP contribution in [0, 0.1) is 0 Å². The number of hydrogen-bond acceptors (Lipinski definition) is 1. The first-order chi connectivity index (χ1) is 35.6. The molecule has 0 saturated carbocycles. The van der Waals surface area contributed by atoms with Crippen LogP contribution in [0.15, 0.2) is 243 Å². The number of benzene rings is 11. The fourth-order valence-electron chi connectivity index (χ4n) is 13.3. The van der Waals surface area contributed by atoms with E-state index in [4.69, 9.17) is 0 Å². The highest BCUT2D eigenvalue weighted by Crippen LogP contribution is 2.64. The summed E-state index contributed by atoms with van der Waals surface area (Å²) in [6, 6.07) is 91.6. The fraction of sp³-hybridized carbons (Fsp3) is 0.111. The highest BCUT2D eigenvalue weighted by Gasteiger charge is 2.51. The van der Waals surface area contributed by atoms with Crippen LogP contribution in [0.5, 0.6) is 0 Å². The molecule has 0 aliphatic heterocycles. The molecule has 0 fully saturated rings. The van der Waals surface area contributed by atoms with E-state index in [1.54, 1.807) is 0 Å². The summed E-state index contributed by atoms with van der Waals surface area (Å²) in [6.45, 7) is 11.6. The Hall–Kier alpha value is -8.52. The molecule has 3 aliphatic carbocycles. The van der Waals surface area contributed by atoms with E-state index < -0.39 is 5.41 Å². The van der Waals surface area contributed by atoms with Crippen molar-refractivity contribution in [1.82, 2.24) is 0 Å². The minimum atomic E-state index is -0.422. The van der Waals surface area contributed by atoms with Crippen LogP contribution in [-0.4, -0.2) is 0 Å². The smallest absolute Gasteiger partial charge is 0.0725 e. The highest BCUT2D eigenvalue weighted by molar-refractivity contribution is 6.08. The van der Waals surface area contributed by atoms with Crippen molar-refractivity contribution >= 4 is 27.8 Å². The van der Waals surface area contributed by atoms with Gasteiger partial charge in [0.05, 0.1) is 11.1 Å². The number of nitrogens with zero attached hydrogens (tertiary/aromatic N) is 1. The molecule has 0 unspecified atom stereocenters. The van der Waals surface area contributed by atoms with E-state index in [-0.39, 0.29) is 10.8 Å². The predicted octanol–water partition coefficient (Wildman–Crippen LogP) is 19.3. The average Bonchev–Trinajstić information content (AvgIpc) is 3.99. The molecule has 0 radical (unpaired) electrons. The van der Waals surface area contributed by atoms with Crippen LogP contribution >= 0.6 is 0 Å². The minimum Gasteiger partial charge on any atom is -0.310 e. The first kappa shape index (κ1) is 43.3. The van der Waals surface area contributed by atoms with E-state index in [1.165, 1.54) is 116 Å². The van der Waals surface area contributed by atoms with E-state index in [1.807, 2.05) is 0 Å². The second kappa shape index (κ2) is 16.0. The topological polar surface area (TPSA) is 3.24 Å². The summed E-state index contributed by atoms with van der Waals surface area (Å²) in [5, 5.41) is 2.46. The molecule has 0 saturated heterocycles. The summed E-state index contributed by atoms with van der Waals surface area (Å²) >= 11 is 0. The maximum atomic E-state index is 2.54. The SMILES string of the molecule is CC(C)(C)c1ccc(-c2ccc(-c3ccc(N(c4ccc5c(c4)-c4ccccc4C54c5ccccc5-c5ccccc54)c4ccc5ccccc5c4-c4cccc5c4C(C)(C)c4ccccc4-5)cc3)cc2)cc1. The molecule has 11 aromatic rings. The van der Waals surface area contributed by atoms with E-state index in [0.29, 0.717) is 0 Å². The van der Waals surface area contributed by atoms with Crippen LogP contribution in [0.3, 0.4) is 0 Å². The second-order valence-corrected chi connectivity index (χ2v) is 22.0. The summed E-state index contributed by atoms with van der Waals surface area (Å²) < 4.78 is 0. The first-order valence-electron chi connectivity index (χ1n) is 25.9. The first-order valence-corrected chi connectivity index (χ1v) is 25.9. The quantitative estimate of drug-likeness (QED) is 0.161. The van der Waals surface area contributed by atoms with Crippen molar-refractivity contribution in [2.24, 2.45) is 0 Å². The van der Waals surface area contributed by atoms with E-state index in [2.05, 4.69) is 282 Å². The Labute approximate surface area is 429 Å². The third kappa shape index (κ3) is 6.34. The molecular formula is C72H55N. The van der Waals surface area contributed by atoms with Crippen LogP contribution in [-0.2, 0) is 16.2 Å². The molecule has 14 rings (SSSR count). The minimum absolute atomic E-state index is 0.120. The molecule has 348 valence electrons. The van der Waals surface area contributed by atoms with Gasteiger partial charge in [0.15, 0.2) is 0 Å². The summed E-state index contributed by atoms with van der Waals surface area (Å²) in [4.78, 5) is 2.54. The zero-order valence-corrected chi connectivity index (χ0v) is 42.0. The van der Waals surface area contributed by atoms with E-state index in [9.17, 15) is 0 Å². The van der Waals surface area contributed by atoms with Crippen LogP contribution in [0.1, 0.15) is 73.6 Å². The molecule has 3 aliphatic rings. The Balaban J connectivity index is 0.972. The molecular weight excluding hydrogens is 879 g/mol. The van der Waals surface area contributed by atoms with Gasteiger partial charge < -0.3 is 4.90 Å². The van der Waals surface area contributed by atoms with Crippen LogP contribution in [0.4, 0.5) is 17.1 Å². The van der Waals surface area contributed by atoms with Crippen LogP contribution < -0.4 is 4.90 Å². The van der Waals surface area contributed by atoms with Gasteiger partial charge in [-0.25, -0.2) is 0 Å². The van der Waals surface area contributed by atoms with E-state index >= 15 is 0 Å². The summed E-state index contributed by atoms with van der Waals surface area (Å²) in [7, 11) is 0. The molecule has 73 heavy (non-hydrogen) atoms. The lowest BCUT2D eigenvalue weighted by Crippen LogP contribution is -2.25. The van der Waals surface area contributed by atoms with Gasteiger partial charge in [-0.1, -0.05) is 247 Å². The third-order valence-electron chi connectivity index (χ3n) is 16.7. The third-order valence-corrected chi connectivity index (χ3v) is 16.7. The monoisotopic (exact) mass is 933 g/mol. The van der Waals surface area contributed by atoms with Gasteiger partial charge in [0.25, 0.3) is 0 Å². The Morgan fingerprint density at radius 3 is 1.37 bits per heavy atom. The van der Waals surface area contributed by atoms with Gasteiger partial charge in [-0.2, -0.15) is 0 Å². The Bertz CT molecular complexity index is 3970. The van der Waals surface area contributed by atoms with Gasteiger partial charge in [-0.15, -0.1) is 0 Å². The average molecular weight is 934 g/mol. The molecule has 0 N–H and O–H groups in total. The van der Waals surface area contributed by atoms with Crippen molar-refractivity contribution in [3.8, 4) is 66.8 Å². The lowest BCUT2D eigenvalue weighted by Gasteiger charge is -2.32. The second-order valence-electron chi connectivity index (χ2n) is 22.0. The molecule has 0 amide bonds. The van der Waals surface area contributed by atoms with Crippen molar-refractivity contribution in [3.05, 3.63) is 282 Å². The zero-order valence-electron chi connectivity index (χ0n) is 42.0. The fourth-order valence-corrected chi connectivity index (χ4v) is 13.3. The van der Waals surface area contributed by atoms with Gasteiger partial charge in [0, 0.05) is 22.4 Å². The van der Waals surface area contributed by atoms with Gasteiger partial charge in [0.1, 0.15) is 0 Å². The number of rotatable bonds is 6. The lowest BCUT2D eigenvalue weighted by molar-refractivity contribution is 0.590. The molecule has 0 heterocycles. The predicted molar refractivity (Wildman–Crippen MR) is 308 cm³/mol. The maximum absolute atomic E-state index is 2.54.